The normalized spacial score (nSPS) is 10.9. The smallest absolute Gasteiger partial charge is 0.0234 e. The fourth-order valence-corrected chi connectivity index (χ4v) is 2.51. The molecule has 0 heterocycles. The van der Waals surface area contributed by atoms with Crippen LogP contribution in [-0.2, 0) is 13.1 Å². The monoisotopic (exact) mass is 271 g/mol. The molecule has 0 radical (unpaired) electrons. The first-order chi connectivity index (χ1) is 9.17. The Morgan fingerprint density at radius 2 is 1.32 bits per heavy atom. The third-order valence-electron chi connectivity index (χ3n) is 3.18. The van der Waals surface area contributed by atoms with Crippen molar-refractivity contribution in [1.82, 2.24) is 4.90 Å². The fraction of sp³-hybridized carbons (Fsp3) is 0.294. The molecule has 0 N–H and O–H groups in total. The van der Waals surface area contributed by atoms with E-state index in [1.807, 2.05) is 0 Å². The largest absolute Gasteiger partial charge is 0.298 e. The van der Waals surface area contributed by atoms with E-state index in [-0.39, 0.29) is 0 Å². The van der Waals surface area contributed by atoms with Crippen LogP contribution in [0.1, 0.15) is 16.7 Å². The molecule has 0 aromatic heterocycles. The highest BCUT2D eigenvalue weighted by molar-refractivity contribution is 7.98. The molecule has 0 unspecified atom stereocenters. The van der Waals surface area contributed by atoms with Gasteiger partial charge in [0, 0.05) is 18.0 Å². The van der Waals surface area contributed by atoms with Crippen molar-refractivity contribution in [2.75, 3.05) is 13.3 Å². The Bertz CT molecular complexity index is 502. The first kappa shape index (κ1) is 14.2. The lowest BCUT2D eigenvalue weighted by Crippen LogP contribution is -2.17. The average molecular weight is 271 g/mol. The minimum absolute atomic E-state index is 0.989. The molecule has 0 bridgehead atoms. The molecule has 0 atom stereocenters. The summed E-state index contributed by atoms with van der Waals surface area (Å²) in [5.74, 6) is 0. The summed E-state index contributed by atoms with van der Waals surface area (Å²) < 4.78 is 0. The lowest BCUT2D eigenvalue weighted by atomic mass is 10.1. The maximum absolute atomic E-state index is 2.35. The summed E-state index contributed by atoms with van der Waals surface area (Å²) in [5, 5.41) is 0. The molecule has 19 heavy (non-hydrogen) atoms. The maximum atomic E-state index is 2.35. The van der Waals surface area contributed by atoms with E-state index in [2.05, 4.69) is 73.7 Å². The number of nitrogens with zero attached hydrogens (tertiary/aromatic N) is 1. The van der Waals surface area contributed by atoms with Crippen LogP contribution < -0.4 is 0 Å². The van der Waals surface area contributed by atoms with Crippen LogP contribution in [0.5, 0.6) is 0 Å². The van der Waals surface area contributed by atoms with E-state index in [1.165, 1.54) is 21.6 Å². The minimum Gasteiger partial charge on any atom is -0.298 e. The van der Waals surface area contributed by atoms with Gasteiger partial charge in [0.2, 0.25) is 0 Å². The second-order valence-corrected chi connectivity index (χ2v) is 5.89. The van der Waals surface area contributed by atoms with E-state index in [9.17, 15) is 0 Å². The second kappa shape index (κ2) is 6.78. The Morgan fingerprint density at radius 1 is 0.842 bits per heavy atom. The van der Waals surface area contributed by atoms with Gasteiger partial charge in [-0.15, -0.1) is 11.8 Å². The SMILES string of the molecule is CSc1ccc(CN(C)Cc2ccc(C)cc2)cc1. The van der Waals surface area contributed by atoms with Crippen molar-refractivity contribution in [1.29, 1.82) is 0 Å². The number of thioether (sulfide) groups is 1. The van der Waals surface area contributed by atoms with Crippen LogP contribution in [0.15, 0.2) is 53.4 Å². The van der Waals surface area contributed by atoms with Gasteiger partial charge in [-0.2, -0.15) is 0 Å². The van der Waals surface area contributed by atoms with Gasteiger partial charge in [-0.05, 0) is 43.5 Å². The van der Waals surface area contributed by atoms with Gasteiger partial charge >= 0.3 is 0 Å². The van der Waals surface area contributed by atoms with E-state index in [4.69, 9.17) is 0 Å². The van der Waals surface area contributed by atoms with Crippen molar-refractivity contribution in [3.8, 4) is 0 Å². The molecule has 0 aliphatic heterocycles. The summed E-state index contributed by atoms with van der Waals surface area (Å²) >= 11 is 1.79. The Kier molecular flexibility index (Phi) is 5.06. The molecule has 0 aliphatic carbocycles. The molecule has 0 amide bonds. The highest BCUT2D eigenvalue weighted by Gasteiger charge is 2.02. The van der Waals surface area contributed by atoms with Crippen molar-refractivity contribution in [3.63, 3.8) is 0 Å². The van der Waals surface area contributed by atoms with Crippen LogP contribution >= 0.6 is 11.8 Å². The van der Waals surface area contributed by atoms with Crippen LogP contribution in [-0.4, -0.2) is 18.2 Å². The van der Waals surface area contributed by atoms with E-state index in [1.54, 1.807) is 11.8 Å². The lowest BCUT2D eigenvalue weighted by Gasteiger charge is -2.17. The highest BCUT2D eigenvalue weighted by Crippen LogP contribution is 2.16. The number of rotatable bonds is 5. The summed E-state index contributed by atoms with van der Waals surface area (Å²) in [7, 11) is 2.17. The molecular weight excluding hydrogens is 250 g/mol. The number of hydrogen-bond acceptors (Lipinski definition) is 2. The molecule has 2 aromatic rings. The third kappa shape index (κ3) is 4.41. The molecule has 0 saturated heterocycles. The van der Waals surface area contributed by atoms with Crippen LogP contribution in [0.25, 0.3) is 0 Å². The fourth-order valence-electron chi connectivity index (χ4n) is 2.10. The highest BCUT2D eigenvalue weighted by atomic mass is 32.2. The van der Waals surface area contributed by atoms with Crippen molar-refractivity contribution in [3.05, 3.63) is 65.2 Å². The zero-order chi connectivity index (χ0) is 13.7. The summed E-state index contributed by atoms with van der Waals surface area (Å²) in [4.78, 5) is 3.67. The van der Waals surface area contributed by atoms with Crippen molar-refractivity contribution >= 4 is 11.8 Å². The molecule has 2 heteroatoms. The molecule has 2 rings (SSSR count). The van der Waals surface area contributed by atoms with E-state index in [0.717, 1.165) is 13.1 Å². The first-order valence-electron chi connectivity index (χ1n) is 6.54. The zero-order valence-electron chi connectivity index (χ0n) is 11.9. The van der Waals surface area contributed by atoms with Gasteiger partial charge in [-0.1, -0.05) is 42.0 Å². The predicted molar refractivity (Wildman–Crippen MR) is 84.6 cm³/mol. The summed E-state index contributed by atoms with van der Waals surface area (Å²) in [6.45, 7) is 4.11. The molecule has 0 fully saturated rings. The van der Waals surface area contributed by atoms with E-state index in [0.29, 0.717) is 0 Å². The molecular formula is C17H21NS. The second-order valence-electron chi connectivity index (χ2n) is 5.01. The minimum atomic E-state index is 0.989. The van der Waals surface area contributed by atoms with Gasteiger partial charge in [0.05, 0.1) is 0 Å². The molecule has 0 saturated carbocycles. The lowest BCUT2D eigenvalue weighted by molar-refractivity contribution is 0.319. The molecule has 0 spiro atoms. The summed E-state index contributed by atoms with van der Waals surface area (Å²) in [6, 6.07) is 17.6. The van der Waals surface area contributed by atoms with Crippen molar-refractivity contribution in [2.45, 2.75) is 24.9 Å². The van der Waals surface area contributed by atoms with Crippen molar-refractivity contribution < 1.29 is 0 Å². The van der Waals surface area contributed by atoms with E-state index < -0.39 is 0 Å². The zero-order valence-corrected chi connectivity index (χ0v) is 12.7. The molecule has 1 nitrogen and oxygen atoms in total. The molecule has 100 valence electrons. The Labute approximate surface area is 120 Å². The van der Waals surface area contributed by atoms with Gasteiger partial charge in [0.1, 0.15) is 0 Å². The molecule has 2 aromatic carbocycles. The maximum Gasteiger partial charge on any atom is 0.0234 e. The Balaban J connectivity index is 1.92. The standard InChI is InChI=1S/C17H21NS/c1-14-4-6-15(7-5-14)12-18(2)13-16-8-10-17(19-3)11-9-16/h4-11H,12-13H2,1-3H3. The summed E-state index contributed by atoms with van der Waals surface area (Å²) in [6.07, 6.45) is 2.11. The Hall–Kier alpha value is -1.25. The number of benzene rings is 2. The summed E-state index contributed by atoms with van der Waals surface area (Å²) in [5.41, 5.74) is 4.06. The quantitative estimate of drug-likeness (QED) is 0.744. The topological polar surface area (TPSA) is 3.24 Å². The van der Waals surface area contributed by atoms with Crippen molar-refractivity contribution in [2.24, 2.45) is 0 Å². The Morgan fingerprint density at radius 3 is 1.79 bits per heavy atom. The van der Waals surface area contributed by atoms with Gasteiger partial charge < -0.3 is 0 Å². The van der Waals surface area contributed by atoms with Gasteiger partial charge in [-0.25, -0.2) is 0 Å². The van der Waals surface area contributed by atoms with Gasteiger partial charge in [-0.3, -0.25) is 4.90 Å². The van der Waals surface area contributed by atoms with Gasteiger partial charge in [0.25, 0.3) is 0 Å². The first-order valence-corrected chi connectivity index (χ1v) is 7.77. The van der Waals surface area contributed by atoms with Crippen LogP contribution in [0.3, 0.4) is 0 Å². The number of hydrogen-bond donors (Lipinski definition) is 0. The molecule has 0 aliphatic rings. The van der Waals surface area contributed by atoms with Crippen LogP contribution in [0.4, 0.5) is 0 Å². The van der Waals surface area contributed by atoms with Crippen LogP contribution in [0.2, 0.25) is 0 Å². The van der Waals surface area contributed by atoms with Crippen LogP contribution in [0, 0.1) is 6.92 Å². The third-order valence-corrected chi connectivity index (χ3v) is 3.93. The predicted octanol–water partition coefficient (Wildman–Crippen LogP) is 4.35. The van der Waals surface area contributed by atoms with E-state index >= 15 is 0 Å². The number of aryl methyl sites for hydroxylation is 1. The average Bonchev–Trinajstić information content (AvgIpc) is 2.42. The van der Waals surface area contributed by atoms with Gasteiger partial charge in [0.15, 0.2) is 0 Å².